The third kappa shape index (κ3) is 6.32. The van der Waals surface area contributed by atoms with Crippen molar-refractivity contribution in [2.24, 2.45) is 5.92 Å². The Bertz CT molecular complexity index is 1040. The summed E-state index contributed by atoms with van der Waals surface area (Å²) in [5.41, 5.74) is 3.69. The Morgan fingerprint density at radius 3 is 2.06 bits per heavy atom. The van der Waals surface area contributed by atoms with Crippen LogP contribution in [0.4, 0.5) is 0 Å². The molecule has 0 saturated heterocycles. The molecule has 0 spiro atoms. The van der Waals surface area contributed by atoms with Gasteiger partial charge in [0.2, 0.25) is 0 Å². The van der Waals surface area contributed by atoms with E-state index in [1.165, 1.54) is 14.2 Å². The van der Waals surface area contributed by atoms with Crippen molar-refractivity contribution in [1.82, 2.24) is 0 Å². The Morgan fingerprint density at radius 2 is 1.44 bits per heavy atom. The number of carbonyl (C=O) groups is 2. The molecule has 0 radical (unpaired) electrons. The lowest BCUT2D eigenvalue weighted by atomic mass is 9.92. The molecule has 32 heavy (non-hydrogen) atoms. The number of carbonyl (C=O) groups excluding carboxylic acids is 2. The lowest BCUT2D eigenvalue weighted by Crippen LogP contribution is -2.26. The topological polar surface area (TPSA) is 61.8 Å². The number of benzene rings is 3. The monoisotopic (exact) mass is 430 g/mol. The molecule has 0 heterocycles. The largest absolute Gasteiger partial charge is 0.489 e. The van der Waals surface area contributed by atoms with Crippen molar-refractivity contribution < 1.29 is 23.8 Å². The second kappa shape index (κ2) is 11.5. The van der Waals surface area contributed by atoms with Gasteiger partial charge in [0.1, 0.15) is 12.4 Å². The van der Waals surface area contributed by atoms with Crippen LogP contribution in [-0.4, -0.2) is 26.2 Å². The zero-order valence-electron chi connectivity index (χ0n) is 18.2. The van der Waals surface area contributed by atoms with Crippen LogP contribution >= 0.6 is 0 Å². The molecule has 0 amide bonds. The molecule has 5 heteroatoms. The standard InChI is InChI=1S/C27H26O5/c1-30-26(28)25(27(29)31-2)18-23(22-13-7-4-8-14-22)16-21-12-9-15-24(17-21)32-19-20-10-5-3-6-11-20/h3-17,25H,18-19H2,1-2H3/b23-16-. The number of hydrogen-bond acceptors (Lipinski definition) is 5. The maximum absolute atomic E-state index is 12.2. The number of esters is 2. The van der Waals surface area contributed by atoms with Gasteiger partial charge in [0.15, 0.2) is 5.92 Å². The number of methoxy groups -OCH3 is 2. The van der Waals surface area contributed by atoms with Crippen LogP contribution in [0.5, 0.6) is 5.75 Å². The van der Waals surface area contributed by atoms with Crippen LogP contribution in [0.3, 0.4) is 0 Å². The van der Waals surface area contributed by atoms with E-state index in [2.05, 4.69) is 0 Å². The molecule has 0 aliphatic heterocycles. The summed E-state index contributed by atoms with van der Waals surface area (Å²) in [4.78, 5) is 24.5. The van der Waals surface area contributed by atoms with Gasteiger partial charge in [0.25, 0.3) is 0 Å². The van der Waals surface area contributed by atoms with Crippen molar-refractivity contribution in [3.63, 3.8) is 0 Å². The van der Waals surface area contributed by atoms with Gasteiger partial charge in [-0.2, -0.15) is 0 Å². The highest BCUT2D eigenvalue weighted by Gasteiger charge is 2.30. The first kappa shape index (κ1) is 22.8. The van der Waals surface area contributed by atoms with Crippen molar-refractivity contribution in [3.05, 3.63) is 102 Å². The van der Waals surface area contributed by atoms with E-state index >= 15 is 0 Å². The Kier molecular flexibility index (Phi) is 8.21. The van der Waals surface area contributed by atoms with Crippen LogP contribution in [0.25, 0.3) is 11.6 Å². The minimum absolute atomic E-state index is 0.151. The zero-order chi connectivity index (χ0) is 22.8. The molecule has 3 aromatic carbocycles. The predicted octanol–water partition coefficient (Wildman–Crippen LogP) is 5.16. The molecule has 3 rings (SSSR count). The first-order chi connectivity index (χ1) is 15.6. The van der Waals surface area contributed by atoms with Crippen molar-refractivity contribution in [3.8, 4) is 5.75 Å². The van der Waals surface area contributed by atoms with Gasteiger partial charge in [-0.3, -0.25) is 9.59 Å². The summed E-state index contributed by atoms with van der Waals surface area (Å²) < 4.78 is 15.6. The molecule has 3 aromatic rings. The molecule has 0 unspecified atom stereocenters. The smallest absolute Gasteiger partial charge is 0.320 e. The van der Waals surface area contributed by atoms with Crippen molar-refractivity contribution >= 4 is 23.6 Å². The SMILES string of the molecule is COC(=O)C(C/C(=C/c1cccc(OCc2ccccc2)c1)c1ccccc1)C(=O)OC. The highest BCUT2D eigenvalue weighted by molar-refractivity contribution is 5.98. The number of hydrogen-bond donors (Lipinski definition) is 0. The summed E-state index contributed by atoms with van der Waals surface area (Å²) in [7, 11) is 2.52. The summed E-state index contributed by atoms with van der Waals surface area (Å²) in [5.74, 6) is -1.57. The van der Waals surface area contributed by atoms with Gasteiger partial charge in [-0.15, -0.1) is 0 Å². The van der Waals surface area contributed by atoms with E-state index in [1.54, 1.807) is 0 Å². The Morgan fingerprint density at radius 1 is 0.812 bits per heavy atom. The molecule has 0 bridgehead atoms. The lowest BCUT2D eigenvalue weighted by Gasteiger charge is -2.15. The van der Waals surface area contributed by atoms with E-state index < -0.39 is 17.9 Å². The Hall–Kier alpha value is -3.86. The maximum atomic E-state index is 12.2. The van der Waals surface area contributed by atoms with E-state index in [0.29, 0.717) is 6.61 Å². The molecule has 0 fully saturated rings. The summed E-state index contributed by atoms with van der Waals surface area (Å²) in [6.07, 6.45) is 2.10. The summed E-state index contributed by atoms with van der Waals surface area (Å²) >= 11 is 0. The van der Waals surface area contributed by atoms with Crippen LogP contribution in [-0.2, 0) is 25.7 Å². The van der Waals surface area contributed by atoms with Crippen molar-refractivity contribution in [1.29, 1.82) is 0 Å². The van der Waals surface area contributed by atoms with E-state index in [1.807, 2.05) is 91.0 Å². The van der Waals surface area contributed by atoms with E-state index in [4.69, 9.17) is 14.2 Å². The van der Waals surface area contributed by atoms with E-state index in [9.17, 15) is 9.59 Å². The molecule has 0 saturated carbocycles. The molecule has 0 atom stereocenters. The fourth-order valence-electron chi connectivity index (χ4n) is 3.32. The third-order valence-corrected chi connectivity index (χ3v) is 4.99. The van der Waals surface area contributed by atoms with Crippen LogP contribution in [0.2, 0.25) is 0 Å². The minimum atomic E-state index is -1.05. The molecular formula is C27H26O5. The molecule has 0 N–H and O–H groups in total. The minimum Gasteiger partial charge on any atom is -0.489 e. The number of rotatable bonds is 9. The van der Waals surface area contributed by atoms with Gasteiger partial charge < -0.3 is 14.2 Å². The number of ether oxygens (including phenoxy) is 3. The van der Waals surface area contributed by atoms with Gasteiger partial charge in [-0.1, -0.05) is 78.9 Å². The normalized spacial score (nSPS) is 11.2. The summed E-state index contributed by atoms with van der Waals surface area (Å²) in [6.45, 7) is 0.465. The highest BCUT2D eigenvalue weighted by atomic mass is 16.5. The van der Waals surface area contributed by atoms with Crippen LogP contribution in [0.15, 0.2) is 84.9 Å². The first-order valence-electron chi connectivity index (χ1n) is 10.3. The van der Waals surface area contributed by atoms with Crippen molar-refractivity contribution in [2.45, 2.75) is 13.0 Å². The summed E-state index contributed by atoms with van der Waals surface area (Å²) in [5, 5.41) is 0. The highest BCUT2D eigenvalue weighted by Crippen LogP contribution is 2.28. The Labute approximate surface area is 188 Å². The second-order valence-corrected chi connectivity index (χ2v) is 7.19. The van der Waals surface area contributed by atoms with Crippen molar-refractivity contribution in [2.75, 3.05) is 14.2 Å². The van der Waals surface area contributed by atoms with Crippen LogP contribution < -0.4 is 4.74 Å². The first-order valence-corrected chi connectivity index (χ1v) is 10.3. The van der Waals surface area contributed by atoms with Gasteiger partial charge >= 0.3 is 11.9 Å². The maximum Gasteiger partial charge on any atom is 0.320 e. The molecule has 5 nitrogen and oxygen atoms in total. The summed E-state index contributed by atoms with van der Waals surface area (Å²) in [6, 6.07) is 27.2. The van der Waals surface area contributed by atoms with E-state index in [0.717, 1.165) is 28.0 Å². The lowest BCUT2D eigenvalue weighted by molar-refractivity contribution is -0.158. The average Bonchev–Trinajstić information content (AvgIpc) is 2.85. The van der Waals surface area contributed by atoms with Crippen LogP contribution in [0.1, 0.15) is 23.1 Å². The number of allylic oxidation sites excluding steroid dienone is 1. The van der Waals surface area contributed by atoms with Crippen LogP contribution in [0, 0.1) is 5.92 Å². The zero-order valence-corrected chi connectivity index (χ0v) is 18.2. The van der Waals surface area contributed by atoms with Gasteiger partial charge in [-0.25, -0.2) is 0 Å². The molecular weight excluding hydrogens is 404 g/mol. The fraction of sp³-hybridized carbons (Fsp3) is 0.185. The van der Waals surface area contributed by atoms with Gasteiger partial charge in [-0.05, 0) is 40.8 Å². The second-order valence-electron chi connectivity index (χ2n) is 7.19. The van der Waals surface area contributed by atoms with E-state index in [-0.39, 0.29) is 6.42 Å². The fourth-order valence-corrected chi connectivity index (χ4v) is 3.32. The van der Waals surface area contributed by atoms with Gasteiger partial charge in [0.05, 0.1) is 14.2 Å². The predicted molar refractivity (Wildman–Crippen MR) is 124 cm³/mol. The molecule has 0 aromatic heterocycles. The quantitative estimate of drug-likeness (QED) is 0.267. The third-order valence-electron chi connectivity index (χ3n) is 4.99. The molecule has 164 valence electrons. The Balaban J connectivity index is 1.88. The van der Waals surface area contributed by atoms with Gasteiger partial charge in [0, 0.05) is 0 Å². The average molecular weight is 431 g/mol. The molecule has 0 aliphatic carbocycles. The molecule has 0 aliphatic rings.